The number of hydrogen-bond acceptors (Lipinski definition) is 7. The minimum atomic E-state index is -0.794. The largest absolute Gasteiger partial charge is 0.391 e. The number of fused-ring (bicyclic) bond motifs is 1. The third-order valence-electron chi connectivity index (χ3n) is 5.34. The molecule has 2 aliphatic rings. The average Bonchev–Trinajstić information content (AvgIpc) is 3.43. The lowest BCUT2D eigenvalue weighted by Gasteiger charge is -2.17. The molecule has 146 valence electrons. The van der Waals surface area contributed by atoms with Gasteiger partial charge in [-0.05, 0) is 37.1 Å². The van der Waals surface area contributed by atoms with Crippen molar-refractivity contribution in [2.75, 3.05) is 41.3 Å². The van der Waals surface area contributed by atoms with Crippen molar-refractivity contribution in [3.8, 4) is 0 Å². The first kappa shape index (κ1) is 17.2. The second-order valence-electron chi connectivity index (χ2n) is 7.35. The van der Waals surface area contributed by atoms with Gasteiger partial charge in [-0.25, -0.2) is 14.4 Å². The number of nitrogens with zero attached hydrogens (tertiary/aromatic N) is 6. The molecule has 0 radical (unpaired) electrons. The van der Waals surface area contributed by atoms with Crippen LogP contribution in [-0.4, -0.2) is 63.1 Å². The molecule has 0 spiro atoms. The number of aliphatic hydroxyl groups is 1. The minimum Gasteiger partial charge on any atom is -0.391 e. The van der Waals surface area contributed by atoms with Crippen molar-refractivity contribution < 1.29 is 9.50 Å². The van der Waals surface area contributed by atoms with Gasteiger partial charge in [-0.2, -0.15) is 4.52 Å². The second kappa shape index (κ2) is 6.90. The normalized spacial score (nSPS) is 22.4. The maximum absolute atomic E-state index is 13.5. The van der Waals surface area contributed by atoms with Gasteiger partial charge < -0.3 is 20.2 Å². The average molecular weight is 383 g/mol. The molecule has 28 heavy (non-hydrogen) atoms. The Morgan fingerprint density at radius 3 is 2.61 bits per heavy atom. The molecule has 0 bridgehead atoms. The highest BCUT2D eigenvalue weighted by molar-refractivity contribution is 5.60. The molecule has 2 atom stereocenters. The molecule has 2 aliphatic heterocycles. The Bertz CT molecular complexity index is 976. The van der Waals surface area contributed by atoms with E-state index in [4.69, 9.17) is 0 Å². The van der Waals surface area contributed by atoms with E-state index >= 15 is 0 Å². The molecule has 3 aromatic heterocycles. The van der Waals surface area contributed by atoms with Crippen LogP contribution in [0.1, 0.15) is 12.8 Å². The smallest absolute Gasteiger partial charge is 0.156 e. The van der Waals surface area contributed by atoms with E-state index in [2.05, 4.69) is 25.3 Å². The molecule has 2 fully saturated rings. The Balaban J connectivity index is 1.36. The molecule has 2 unspecified atom stereocenters. The van der Waals surface area contributed by atoms with Gasteiger partial charge >= 0.3 is 0 Å². The van der Waals surface area contributed by atoms with E-state index in [1.54, 1.807) is 16.9 Å². The monoisotopic (exact) mass is 383 g/mol. The zero-order chi connectivity index (χ0) is 19.1. The number of aromatic nitrogens is 4. The van der Waals surface area contributed by atoms with Crippen LogP contribution in [0.3, 0.4) is 0 Å². The maximum atomic E-state index is 13.5. The molecule has 5 rings (SSSR count). The highest BCUT2D eigenvalue weighted by atomic mass is 19.1. The highest BCUT2D eigenvalue weighted by Gasteiger charge is 2.23. The zero-order valence-corrected chi connectivity index (χ0v) is 15.4. The Kier molecular flexibility index (Phi) is 4.23. The Morgan fingerprint density at radius 1 is 1.00 bits per heavy atom. The number of alkyl halides is 1. The molecular weight excluding hydrogens is 361 g/mol. The first-order valence-corrected chi connectivity index (χ1v) is 9.55. The third kappa shape index (κ3) is 3.22. The summed E-state index contributed by atoms with van der Waals surface area (Å²) in [5.74, 6) is 2.12. The third-order valence-corrected chi connectivity index (χ3v) is 5.34. The maximum Gasteiger partial charge on any atom is 0.156 e. The molecule has 0 aliphatic carbocycles. The quantitative estimate of drug-likeness (QED) is 0.713. The van der Waals surface area contributed by atoms with Gasteiger partial charge in [0.15, 0.2) is 11.5 Å². The SMILES string of the molecule is OC1CCN(c2ccc(Nc3cnc4ccc(N5CCC(F)C5)nn34)nc2)C1. The Hall–Kier alpha value is -2.94. The summed E-state index contributed by atoms with van der Waals surface area (Å²) in [6.07, 6.45) is 3.78. The summed E-state index contributed by atoms with van der Waals surface area (Å²) >= 11 is 0. The second-order valence-corrected chi connectivity index (χ2v) is 7.35. The van der Waals surface area contributed by atoms with Gasteiger partial charge in [0.05, 0.1) is 30.7 Å². The molecule has 2 N–H and O–H groups in total. The van der Waals surface area contributed by atoms with Crippen molar-refractivity contribution >= 4 is 28.8 Å². The van der Waals surface area contributed by atoms with Crippen LogP contribution in [0, 0.1) is 0 Å². The van der Waals surface area contributed by atoms with Crippen molar-refractivity contribution in [1.82, 2.24) is 19.6 Å². The van der Waals surface area contributed by atoms with Gasteiger partial charge in [0, 0.05) is 19.6 Å². The molecule has 0 aromatic carbocycles. The van der Waals surface area contributed by atoms with Crippen molar-refractivity contribution in [3.05, 3.63) is 36.7 Å². The molecule has 0 amide bonds. The van der Waals surface area contributed by atoms with Crippen LogP contribution in [0.15, 0.2) is 36.7 Å². The van der Waals surface area contributed by atoms with Crippen molar-refractivity contribution in [2.24, 2.45) is 0 Å². The number of β-amino-alcohol motifs (C(OH)–C–C–N with tert-alkyl or cyclic N) is 1. The Labute approximate surface area is 161 Å². The molecular formula is C19H22FN7O. The first-order chi connectivity index (χ1) is 13.7. The van der Waals surface area contributed by atoms with E-state index in [0.29, 0.717) is 43.3 Å². The van der Waals surface area contributed by atoms with E-state index in [1.165, 1.54) is 0 Å². The fourth-order valence-electron chi connectivity index (χ4n) is 3.80. The van der Waals surface area contributed by atoms with Gasteiger partial charge in [-0.15, -0.1) is 5.10 Å². The fourth-order valence-corrected chi connectivity index (χ4v) is 3.80. The summed E-state index contributed by atoms with van der Waals surface area (Å²) in [5.41, 5.74) is 1.71. The molecule has 2 saturated heterocycles. The highest BCUT2D eigenvalue weighted by Crippen LogP contribution is 2.24. The van der Waals surface area contributed by atoms with Crippen molar-refractivity contribution in [1.29, 1.82) is 0 Å². The lowest BCUT2D eigenvalue weighted by atomic mass is 10.3. The van der Waals surface area contributed by atoms with Crippen LogP contribution in [0.2, 0.25) is 0 Å². The molecule has 5 heterocycles. The summed E-state index contributed by atoms with van der Waals surface area (Å²) < 4.78 is 15.2. The van der Waals surface area contributed by atoms with Crippen LogP contribution < -0.4 is 15.1 Å². The summed E-state index contributed by atoms with van der Waals surface area (Å²) in [5, 5.41) is 17.6. The number of anilines is 4. The number of rotatable bonds is 4. The first-order valence-electron chi connectivity index (χ1n) is 9.55. The number of pyridine rings is 1. The predicted octanol–water partition coefficient (Wildman–Crippen LogP) is 1.99. The van der Waals surface area contributed by atoms with Gasteiger partial charge in [-0.1, -0.05) is 0 Å². The number of nitrogens with one attached hydrogen (secondary N) is 1. The van der Waals surface area contributed by atoms with E-state index in [0.717, 1.165) is 24.5 Å². The van der Waals surface area contributed by atoms with Gasteiger partial charge in [0.2, 0.25) is 0 Å². The van der Waals surface area contributed by atoms with Crippen LogP contribution in [0.4, 0.5) is 27.5 Å². The predicted molar refractivity (Wildman–Crippen MR) is 105 cm³/mol. The van der Waals surface area contributed by atoms with E-state index in [1.807, 2.05) is 29.2 Å². The minimum absolute atomic E-state index is 0.264. The summed E-state index contributed by atoms with van der Waals surface area (Å²) in [6, 6.07) is 7.65. The lowest BCUT2D eigenvalue weighted by molar-refractivity contribution is 0.198. The molecule has 9 heteroatoms. The van der Waals surface area contributed by atoms with Crippen LogP contribution >= 0.6 is 0 Å². The van der Waals surface area contributed by atoms with Gasteiger partial charge in [0.25, 0.3) is 0 Å². The number of aliphatic hydroxyl groups excluding tert-OH is 1. The van der Waals surface area contributed by atoms with Crippen LogP contribution in [0.5, 0.6) is 0 Å². The summed E-state index contributed by atoms with van der Waals surface area (Å²) in [4.78, 5) is 12.9. The molecule has 0 saturated carbocycles. The number of halogens is 1. The number of hydrogen-bond donors (Lipinski definition) is 2. The molecule has 3 aromatic rings. The van der Waals surface area contributed by atoms with Gasteiger partial charge in [-0.3, -0.25) is 0 Å². The van der Waals surface area contributed by atoms with Crippen LogP contribution in [0.25, 0.3) is 5.65 Å². The van der Waals surface area contributed by atoms with E-state index in [-0.39, 0.29) is 6.10 Å². The Morgan fingerprint density at radius 2 is 1.89 bits per heavy atom. The fraction of sp³-hybridized carbons (Fsp3) is 0.421. The standard InChI is InChI=1S/C19H22FN7O/c20-13-5-7-26(11-13)18-4-3-17-22-10-19(27(17)24-18)23-16-2-1-14(9-21-16)25-8-6-15(28)12-25/h1-4,9-10,13,15,28H,5-8,11-12H2,(H,21,23). The lowest BCUT2D eigenvalue weighted by Crippen LogP contribution is -2.22. The van der Waals surface area contributed by atoms with E-state index in [9.17, 15) is 9.50 Å². The molecule has 8 nitrogen and oxygen atoms in total. The van der Waals surface area contributed by atoms with Crippen molar-refractivity contribution in [3.63, 3.8) is 0 Å². The topological polar surface area (TPSA) is 81.8 Å². The summed E-state index contributed by atoms with van der Waals surface area (Å²) in [6.45, 7) is 2.53. The number of imidazole rings is 1. The van der Waals surface area contributed by atoms with Crippen molar-refractivity contribution in [2.45, 2.75) is 25.1 Å². The van der Waals surface area contributed by atoms with Crippen LogP contribution in [-0.2, 0) is 0 Å². The summed E-state index contributed by atoms with van der Waals surface area (Å²) in [7, 11) is 0. The van der Waals surface area contributed by atoms with E-state index < -0.39 is 6.17 Å². The van der Waals surface area contributed by atoms with Gasteiger partial charge in [0.1, 0.15) is 17.8 Å². The zero-order valence-electron chi connectivity index (χ0n) is 15.4.